The van der Waals surface area contributed by atoms with Crippen LogP contribution in [0.15, 0.2) is 0 Å². The first kappa shape index (κ1) is 12.8. The smallest absolute Gasteiger partial charge is 0.224 e. The van der Waals surface area contributed by atoms with Crippen LogP contribution in [-0.2, 0) is 14.6 Å². The Kier molecular flexibility index (Phi) is 3.45. The monoisotopic (exact) mass is 260 g/mol. The van der Waals surface area contributed by atoms with E-state index in [9.17, 15) is 13.2 Å². The van der Waals surface area contributed by atoms with Gasteiger partial charge in [0.15, 0.2) is 9.84 Å². The Labute approximate surface area is 102 Å². The molecule has 0 spiro atoms. The summed E-state index contributed by atoms with van der Waals surface area (Å²) in [6, 6.07) is 0. The number of carbonyl (C=O) groups excluding carboxylic acids is 1. The van der Waals surface area contributed by atoms with Crippen molar-refractivity contribution in [2.24, 2.45) is 5.73 Å². The molecule has 1 saturated carbocycles. The first-order valence-corrected chi connectivity index (χ1v) is 8.00. The summed E-state index contributed by atoms with van der Waals surface area (Å²) in [5, 5.41) is 0. The van der Waals surface area contributed by atoms with Gasteiger partial charge in [0.05, 0.1) is 11.5 Å². The second kappa shape index (κ2) is 4.57. The first-order chi connectivity index (χ1) is 7.90. The fraction of sp³-hybridized carbons (Fsp3) is 0.909. The Balaban J connectivity index is 1.91. The summed E-state index contributed by atoms with van der Waals surface area (Å²) in [4.78, 5) is 13.7. The Morgan fingerprint density at radius 1 is 1.18 bits per heavy atom. The molecule has 1 amide bonds. The number of hydrogen-bond donors (Lipinski definition) is 1. The molecule has 6 heteroatoms. The van der Waals surface area contributed by atoms with Crippen LogP contribution in [0.2, 0.25) is 0 Å². The average molecular weight is 260 g/mol. The van der Waals surface area contributed by atoms with E-state index in [0.29, 0.717) is 25.9 Å². The third kappa shape index (κ3) is 3.19. The number of amides is 1. The minimum atomic E-state index is -2.95. The van der Waals surface area contributed by atoms with E-state index in [2.05, 4.69) is 0 Å². The fourth-order valence-electron chi connectivity index (χ4n) is 2.41. The minimum Gasteiger partial charge on any atom is -0.342 e. The average Bonchev–Trinajstić information content (AvgIpc) is 2.37. The summed E-state index contributed by atoms with van der Waals surface area (Å²) < 4.78 is 22.9. The highest BCUT2D eigenvalue weighted by Crippen LogP contribution is 2.32. The van der Waals surface area contributed by atoms with Crippen molar-refractivity contribution >= 4 is 15.7 Å². The second-order valence-corrected chi connectivity index (χ2v) is 7.58. The van der Waals surface area contributed by atoms with Gasteiger partial charge in [0, 0.05) is 25.0 Å². The van der Waals surface area contributed by atoms with Gasteiger partial charge in [0.25, 0.3) is 0 Å². The molecular weight excluding hydrogens is 240 g/mol. The molecule has 0 aromatic heterocycles. The van der Waals surface area contributed by atoms with Crippen molar-refractivity contribution in [2.75, 3.05) is 24.6 Å². The van der Waals surface area contributed by atoms with Crippen LogP contribution in [-0.4, -0.2) is 49.4 Å². The lowest BCUT2D eigenvalue weighted by atomic mass is 9.75. The topological polar surface area (TPSA) is 80.5 Å². The van der Waals surface area contributed by atoms with E-state index in [1.54, 1.807) is 4.90 Å². The number of nitrogens with zero attached hydrogens (tertiary/aromatic N) is 1. The molecule has 1 aliphatic heterocycles. The first-order valence-electron chi connectivity index (χ1n) is 6.17. The predicted octanol–water partition coefficient (Wildman–Crippen LogP) is -0.0950. The van der Waals surface area contributed by atoms with E-state index < -0.39 is 9.84 Å². The molecule has 1 aliphatic carbocycles. The lowest BCUT2D eigenvalue weighted by molar-refractivity contribution is -0.133. The maximum atomic E-state index is 12.0. The van der Waals surface area contributed by atoms with Crippen LogP contribution >= 0.6 is 0 Å². The normalized spacial score (nSPS) is 27.0. The minimum absolute atomic E-state index is 0.0179. The molecule has 2 rings (SSSR count). The van der Waals surface area contributed by atoms with Crippen molar-refractivity contribution in [1.82, 2.24) is 4.90 Å². The van der Waals surface area contributed by atoms with E-state index in [1.165, 1.54) is 0 Å². The van der Waals surface area contributed by atoms with Gasteiger partial charge < -0.3 is 10.6 Å². The van der Waals surface area contributed by atoms with Gasteiger partial charge >= 0.3 is 0 Å². The third-order valence-electron chi connectivity index (χ3n) is 3.76. The summed E-state index contributed by atoms with van der Waals surface area (Å²) in [7, 11) is -2.95. The van der Waals surface area contributed by atoms with Crippen LogP contribution in [0.3, 0.4) is 0 Å². The van der Waals surface area contributed by atoms with Crippen LogP contribution in [0.25, 0.3) is 0 Å². The van der Waals surface area contributed by atoms with Gasteiger partial charge in [-0.1, -0.05) is 0 Å². The lowest BCUT2D eigenvalue weighted by Crippen LogP contribution is -2.50. The molecular formula is C11H20N2O3S. The van der Waals surface area contributed by atoms with Gasteiger partial charge in [-0.15, -0.1) is 0 Å². The Morgan fingerprint density at radius 2 is 1.88 bits per heavy atom. The molecule has 0 aromatic rings. The number of carbonyl (C=O) groups is 1. The molecule has 0 aromatic carbocycles. The highest BCUT2D eigenvalue weighted by molar-refractivity contribution is 7.91. The van der Waals surface area contributed by atoms with Gasteiger partial charge in [-0.05, 0) is 25.7 Å². The van der Waals surface area contributed by atoms with Crippen molar-refractivity contribution in [3.05, 3.63) is 0 Å². The highest BCUT2D eigenvalue weighted by atomic mass is 32.2. The fourth-order valence-corrected chi connectivity index (χ4v) is 3.68. The van der Waals surface area contributed by atoms with Crippen molar-refractivity contribution in [3.8, 4) is 0 Å². The van der Waals surface area contributed by atoms with E-state index in [4.69, 9.17) is 5.73 Å². The molecule has 2 N–H and O–H groups in total. The zero-order valence-corrected chi connectivity index (χ0v) is 10.8. The quantitative estimate of drug-likeness (QED) is 0.752. The molecule has 0 radical (unpaired) electrons. The molecule has 0 bridgehead atoms. The molecule has 5 nitrogen and oxygen atoms in total. The Morgan fingerprint density at radius 3 is 2.47 bits per heavy atom. The summed E-state index contributed by atoms with van der Waals surface area (Å²) >= 11 is 0. The summed E-state index contributed by atoms with van der Waals surface area (Å²) in [5.74, 6) is 0.310. The van der Waals surface area contributed by atoms with Crippen LogP contribution in [0, 0.1) is 0 Å². The number of sulfone groups is 1. The SMILES string of the molecule is NC1(CC(=O)N2CCCS(=O)(=O)CC2)CCC1. The molecule has 2 aliphatic rings. The van der Waals surface area contributed by atoms with Crippen LogP contribution in [0.1, 0.15) is 32.1 Å². The summed E-state index contributed by atoms with van der Waals surface area (Å²) in [6.45, 7) is 0.880. The van der Waals surface area contributed by atoms with E-state index in [-0.39, 0.29) is 23.0 Å². The largest absolute Gasteiger partial charge is 0.342 e. The standard InChI is InChI=1S/C11H20N2O3S/c12-11(3-1-4-11)9-10(14)13-5-2-7-17(15,16)8-6-13/h1-9,12H2. The number of rotatable bonds is 2. The third-order valence-corrected chi connectivity index (χ3v) is 5.48. The van der Waals surface area contributed by atoms with Crippen molar-refractivity contribution < 1.29 is 13.2 Å². The van der Waals surface area contributed by atoms with Crippen molar-refractivity contribution in [3.63, 3.8) is 0 Å². The zero-order chi connectivity index (χ0) is 12.5. The van der Waals surface area contributed by atoms with Gasteiger partial charge in [0.1, 0.15) is 0 Å². The second-order valence-electron chi connectivity index (χ2n) is 5.28. The maximum Gasteiger partial charge on any atom is 0.224 e. The van der Waals surface area contributed by atoms with Gasteiger partial charge in [-0.3, -0.25) is 4.79 Å². The number of nitrogens with two attached hydrogens (primary N) is 1. The van der Waals surface area contributed by atoms with Crippen LogP contribution in [0.4, 0.5) is 0 Å². The Bertz CT molecular complexity index is 401. The summed E-state index contributed by atoms with van der Waals surface area (Å²) in [5.41, 5.74) is 5.72. The molecule has 2 fully saturated rings. The van der Waals surface area contributed by atoms with E-state index in [1.807, 2.05) is 0 Å². The number of hydrogen-bond acceptors (Lipinski definition) is 4. The molecule has 0 unspecified atom stereocenters. The summed E-state index contributed by atoms with van der Waals surface area (Å²) in [6.07, 6.45) is 3.83. The molecule has 17 heavy (non-hydrogen) atoms. The lowest BCUT2D eigenvalue weighted by Gasteiger charge is -2.38. The van der Waals surface area contributed by atoms with E-state index in [0.717, 1.165) is 19.3 Å². The molecule has 1 saturated heterocycles. The van der Waals surface area contributed by atoms with E-state index >= 15 is 0 Å². The van der Waals surface area contributed by atoms with Crippen molar-refractivity contribution in [2.45, 2.75) is 37.6 Å². The van der Waals surface area contributed by atoms with Crippen LogP contribution < -0.4 is 5.73 Å². The maximum absolute atomic E-state index is 12.0. The molecule has 1 heterocycles. The Hall–Kier alpha value is -0.620. The highest BCUT2D eigenvalue weighted by Gasteiger charge is 2.36. The van der Waals surface area contributed by atoms with Gasteiger partial charge in [-0.2, -0.15) is 0 Å². The van der Waals surface area contributed by atoms with Crippen molar-refractivity contribution in [1.29, 1.82) is 0 Å². The predicted molar refractivity (Wildman–Crippen MR) is 65.2 cm³/mol. The van der Waals surface area contributed by atoms with Gasteiger partial charge in [0.2, 0.25) is 5.91 Å². The van der Waals surface area contributed by atoms with Crippen LogP contribution in [0.5, 0.6) is 0 Å². The molecule has 98 valence electrons. The zero-order valence-electron chi connectivity index (χ0n) is 10.0. The van der Waals surface area contributed by atoms with Gasteiger partial charge in [-0.25, -0.2) is 8.42 Å². The molecule has 0 atom stereocenters.